The molecule has 0 bridgehead atoms. The molecule has 0 saturated carbocycles. The monoisotopic (exact) mass is 422 g/mol. The van der Waals surface area contributed by atoms with Gasteiger partial charge in [0.05, 0.1) is 17.2 Å². The second kappa shape index (κ2) is 8.17. The summed E-state index contributed by atoms with van der Waals surface area (Å²) in [7, 11) is 1.55. The lowest BCUT2D eigenvalue weighted by Gasteiger charge is -2.40. The summed E-state index contributed by atoms with van der Waals surface area (Å²) >= 11 is 0. The maximum atomic E-state index is 13.3. The number of benzene rings is 1. The summed E-state index contributed by atoms with van der Waals surface area (Å²) in [6.45, 7) is 3.31. The van der Waals surface area contributed by atoms with Gasteiger partial charge in [-0.05, 0) is 42.9 Å². The van der Waals surface area contributed by atoms with Gasteiger partial charge in [0.25, 0.3) is 0 Å². The fourth-order valence-corrected chi connectivity index (χ4v) is 4.58. The lowest BCUT2D eigenvalue weighted by atomic mass is 9.76. The summed E-state index contributed by atoms with van der Waals surface area (Å²) in [6, 6.07) is 4.89. The molecule has 2 saturated heterocycles. The summed E-state index contributed by atoms with van der Waals surface area (Å²) in [5.74, 6) is -0.247. The van der Waals surface area contributed by atoms with E-state index in [2.05, 4.69) is 5.32 Å². The van der Waals surface area contributed by atoms with Gasteiger partial charge >= 0.3 is 6.18 Å². The first-order valence-corrected chi connectivity index (χ1v) is 10.0. The second-order valence-corrected chi connectivity index (χ2v) is 8.04. The molecule has 0 aliphatic carbocycles. The fourth-order valence-electron chi connectivity index (χ4n) is 4.58. The molecule has 3 rings (SSSR count). The van der Waals surface area contributed by atoms with Gasteiger partial charge in [0.15, 0.2) is 0 Å². The van der Waals surface area contributed by atoms with E-state index in [1.54, 1.807) is 31.0 Å². The van der Waals surface area contributed by atoms with E-state index in [1.165, 1.54) is 6.07 Å². The van der Waals surface area contributed by atoms with Crippen molar-refractivity contribution in [3.63, 3.8) is 0 Å². The topological polar surface area (TPSA) is 76.4 Å². The van der Waals surface area contributed by atoms with Crippen molar-refractivity contribution in [3.05, 3.63) is 29.3 Å². The Morgan fingerprint density at radius 3 is 2.50 bits per heavy atom. The number of carbonyl (C=O) groups is 2. The highest BCUT2D eigenvalue weighted by Crippen LogP contribution is 2.45. The summed E-state index contributed by atoms with van der Waals surface area (Å²) in [5.41, 5.74) is -1.10. The van der Waals surface area contributed by atoms with Gasteiger partial charge in [-0.25, -0.2) is 0 Å². The number of halogens is 3. The van der Waals surface area contributed by atoms with Crippen LogP contribution in [0.3, 0.4) is 0 Å². The van der Waals surface area contributed by atoms with Crippen LogP contribution in [0.25, 0.3) is 0 Å². The van der Waals surface area contributed by atoms with E-state index in [9.17, 15) is 22.8 Å². The minimum Gasteiger partial charge on any atom is -0.371 e. The third-order valence-corrected chi connectivity index (χ3v) is 6.30. The number of hydrogen-bond donors (Lipinski definition) is 1. The molecular formula is C21H25F3N4O2. The van der Waals surface area contributed by atoms with E-state index >= 15 is 0 Å². The first-order chi connectivity index (χ1) is 14.1. The van der Waals surface area contributed by atoms with Gasteiger partial charge in [0, 0.05) is 38.8 Å². The number of alkyl halides is 3. The summed E-state index contributed by atoms with van der Waals surface area (Å²) in [4.78, 5) is 28.2. The lowest BCUT2D eigenvalue weighted by molar-refractivity contribution is -0.138. The van der Waals surface area contributed by atoms with Crippen molar-refractivity contribution in [2.45, 2.75) is 44.8 Å². The number of hydrogen-bond acceptors (Lipinski definition) is 4. The number of anilines is 1. The molecule has 6 nitrogen and oxygen atoms in total. The van der Waals surface area contributed by atoms with Crippen LogP contribution in [-0.2, 0) is 15.8 Å². The number of rotatable bonds is 3. The van der Waals surface area contributed by atoms with Crippen molar-refractivity contribution in [2.75, 3.05) is 31.6 Å². The third-order valence-electron chi connectivity index (χ3n) is 6.30. The van der Waals surface area contributed by atoms with Crippen molar-refractivity contribution in [1.82, 2.24) is 10.2 Å². The number of nitriles is 1. The van der Waals surface area contributed by atoms with Gasteiger partial charge < -0.3 is 15.1 Å². The standard InChI is InChI=1S/C21H25F3N4O2/c1-3-18(29)28-13-20(11-17(28)19(30)26-2)6-8-27(9-7-20)15-5-4-14(12-25)16(10-15)21(22,23)24/h4-5,10,17H,3,6-9,11,13H2,1-2H3,(H,26,30). The SMILES string of the molecule is CCC(=O)N1CC2(CCN(c3ccc(C#N)c(C(F)(F)F)c3)CC2)CC1C(=O)NC. The molecule has 162 valence electrons. The molecule has 1 unspecified atom stereocenters. The number of nitrogens with zero attached hydrogens (tertiary/aromatic N) is 3. The Morgan fingerprint density at radius 2 is 1.97 bits per heavy atom. The van der Waals surface area contributed by atoms with Gasteiger partial charge in [-0.2, -0.15) is 18.4 Å². The third kappa shape index (κ3) is 4.09. The van der Waals surface area contributed by atoms with Crippen molar-refractivity contribution in [2.24, 2.45) is 5.41 Å². The Labute approximate surface area is 173 Å². The molecule has 0 aromatic heterocycles. The lowest BCUT2D eigenvalue weighted by Crippen LogP contribution is -2.45. The Balaban J connectivity index is 1.77. The number of piperidine rings is 1. The largest absolute Gasteiger partial charge is 0.417 e. The molecule has 1 aromatic rings. The highest BCUT2D eigenvalue weighted by Gasteiger charge is 2.49. The Hall–Kier alpha value is -2.76. The second-order valence-electron chi connectivity index (χ2n) is 8.04. The number of likely N-dealkylation sites (N-methyl/N-ethyl adjacent to an activating group) is 1. The molecule has 2 aliphatic heterocycles. The molecular weight excluding hydrogens is 397 g/mol. The smallest absolute Gasteiger partial charge is 0.371 e. The van der Waals surface area contributed by atoms with Crippen LogP contribution >= 0.6 is 0 Å². The first-order valence-electron chi connectivity index (χ1n) is 10.0. The van der Waals surface area contributed by atoms with E-state index in [-0.39, 0.29) is 17.2 Å². The van der Waals surface area contributed by atoms with Crippen molar-refractivity contribution in [3.8, 4) is 6.07 Å². The molecule has 2 heterocycles. The highest BCUT2D eigenvalue weighted by molar-refractivity contribution is 5.88. The van der Waals surface area contributed by atoms with Crippen LogP contribution in [-0.4, -0.2) is 49.4 Å². The van der Waals surface area contributed by atoms with Crippen LogP contribution < -0.4 is 10.2 Å². The molecule has 2 aliphatic rings. The van der Waals surface area contributed by atoms with Gasteiger partial charge in [-0.3, -0.25) is 9.59 Å². The molecule has 2 amide bonds. The van der Waals surface area contributed by atoms with Crippen LogP contribution in [0.2, 0.25) is 0 Å². The van der Waals surface area contributed by atoms with E-state index in [0.717, 1.165) is 6.07 Å². The van der Waals surface area contributed by atoms with Crippen LogP contribution in [0.5, 0.6) is 0 Å². The molecule has 1 spiro atoms. The van der Waals surface area contributed by atoms with E-state index < -0.39 is 23.3 Å². The summed E-state index contributed by atoms with van der Waals surface area (Å²) in [6.07, 6.45) is -2.36. The van der Waals surface area contributed by atoms with E-state index in [0.29, 0.717) is 51.0 Å². The highest BCUT2D eigenvalue weighted by atomic mass is 19.4. The van der Waals surface area contributed by atoms with Gasteiger partial charge in [-0.1, -0.05) is 6.92 Å². The van der Waals surface area contributed by atoms with Crippen LogP contribution in [0, 0.1) is 16.7 Å². The molecule has 9 heteroatoms. The average molecular weight is 422 g/mol. The number of carbonyl (C=O) groups excluding carboxylic acids is 2. The Morgan fingerprint density at radius 1 is 1.30 bits per heavy atom. The summed E-state index contributed by atoms with van der Waals surface area (Å²) < 4.78 is 39.8. The van der Waals surface area contributed by atoms with Crippen molar-refractivity contribution >= 4 is 17.5 Å². The molecule has 1 N–H and O–H groups in total. The average Bonchev–Trinajstić information content (AvgIpc) is 3.11. The van der Waals surface area contributed by atoms with E-state index in [1.807, 2.05) is 4.90 Å². The zero-order valence-corrected chi connectivity index (χ0v) is 17.1. The normalized spacial score (nSPS) is 20.9. The predicted octanol–water partition coefficient (Wildman–Crippen LogP) is 2.92. The minimum atomic E-state index is -4.59. The molecule has 1 atom stereocenters. The number of nitrogens with one attached hydrogen (secondary N) is 1. The predicted molar refractivity (Wildman–Crippen MR) is 105 cm³/mol. The maximum Gasteiger partial charge on any atom is 0.417 e. The molecule has 1 aromatic carbocycles. The quantitative estimate of drug-likeness (QED) is 0.813. The van der Waals surface area contributed by atoms with Crippen molar-refractivity contribution in [1.29, 1.82) is 5.26 Å². The molecule has 0 radical (unpaired) electrons. The molecule has 30 heavy (non-hydrogen) atoms. The summed E-state index contributed by atoms with van der Waals surface area (Å²) in [5, 5.41) is 11.6. The number of likely N-dealkylation sites (tertiary alicyclic amines) is 1. The fraction of sp³-hybridized carbons (Fsp3) is 0.571. The van der Waals surface area contributed by atoms with Gasteiger partial charge in [0.2, 0.25) is 11.8 Å². The Kier molecular flexibility index (Phi) is 5.97. The number of amides is 2. The molecule has 2 fully saturated rings. The van der Waals surface area contributed by atoms with E-state index in [4.69, 9.17) is 5.26 Å². The van der Waals surface area contributed by atoms with Crippen LogP contribution in [0.4, 0.5) is 18.9 Å². The zero-order chi connectivity index (χ0) is 22.1. The van der Waals surface area contributed by atoms with Gasteiger partial charge in [0.1, 0.15) is 6.04 Å². The van der Waals surface area contributed by atoms with Gasteiger partial charge in [-0.15, -0.1) is 0 Å². The van der Waals surface area contributed by atoms with Crippen LogP contribution in [0.1, 0.15) is 43.7 Å². The van der Waals surface area contributed by atoms with Crippen molar-refractivity contribution < 1.29 is 22.8 Å². The first kappa shape index (κ1) is 21.9. The maximum absolute atomic E-state index is 13.3. The zero-order valence-electron chi connectivity index (χ0n) is 17.1. The van der Waals surface area contributed by atoms with Crippen LogP contribution in [0.15, 0.2) is 18.2 Å². The Bertz CT molecular complexity index is 844. The minimum absolute atomic E-state index is 0.0650.